The molecular weight excluding hydrogens is 215 g/mol. The zero-order valence-corrected chi connectivity index (χ0v) is 7.45. The molecule has 6 heteroatoms. The van der Waals surface area contributed by atoms with Crippen molar-refractivity contribution in [2.24, 2.45) is 0 Å². The summed E-state index contributed by atoms with van der Waals surface area (Å²) in [4.78, 5) is 3.67. The van der Waals surface area contributed by atoms with E-state index in [1.807, 2.05) is 0 Å². The first-order valence-electron chi connectivity index (χ1n) is 3.57. The van der Waals surface area contributed by atoms with E-state index >= 15 is 0 Å². The highest BCUT2D eigenvalue weighted by molar-refractivity contribution is 7.16. The maximum absolute atomic E-state index is 11.9. The molecule has 0 bridgehead atoms. The van der Waals surface area contributed by atoms with Gasteiger partial charge in [-0.3, -0.25) is 0 Å². The van der Waals surface area contributed by atoms with E-state index in [0.29, 0.717) is 4.70 Å². The molecule has 0 fully saturated rings. The first kappa shape index (κ1) is 9.26. The Balaban J connectivity index is 2.46. The third-order valence-electron chi connectivity index (χ3n) is 1.50. The Labute approximate surface area is 80.9 Å². The Hall–Kier alpha value is -1.30. The van der Waals surface area contributed by atoms with Crippen LogP contribution < -0.4 is 4.74 Å². The molecule has 0 atom stereocenters. The van der Waals surface area contributed by atoms with Crippen LogP contribution in [0, 0.1) is 5.51 Å². The number of fused-ring (bicyclic) bond motifs is 1. The molecule has 0 saturated heterocycles. The van der Waals surface area contributed by atoms with Crippen molar-refractivity contribution in [3.63, 3.8) is 0 Å². The molecule has 0 aliphatic rings. The van der Waals surface area contributed by atoms with Crippen LogP contribution in [0.1, 0.15) is 0 Å². The molecule has 73 valence electrons. The Morgan fingerprint density at radius 2 is 2.14 bits per heavy atom. The zero-order chi connectivity index (χ0) is 10.2. The smallest absolute Gasteiger partial charge is 0.403 e. The minimum Gasteiger partial charge on any atom is -0.403 e. The molecule has 1 aromatic heterocycles. The topological polar surface area (TPSA) is 22.1 Å². The lowest BCUT2D eigenvalue weighted by atomic mass is 10.3. The van der Waals surface area contributed by atoms with Crippen molar-refractivity contribution >= 4 is 21.6 Å². The molecule has 2 nitrogen and oxygen atoms in total. The van der Waals surface area contributed by atoms with Gasteiger partial charge in [0, 0.05) is 0 Å². The van der Waals surface area contributed by atoms with Gasteiger partial charge >= 0.3 is 6.36 Å². The molecule has 1 heterocycles. The molecule has 0 aliphatic heterocycles. The summed E-state index contributed by atoms with van der Waals surface area (Å²) in [7, 11) is 0. The third-order valence-corrected chi connectivity index (χ3v) is 2.23. The van der Waals surface area contributed by atoms with Crippen LogP contribution in [0.4, 0.5) is 13.2 Å². The molecule has 0 spiro atoms. The molecular formula is C8H3F3NOS. The SMILES string of the molecule is FC(F)(F)Oc1cccc2s[c]nc12. The lowest BCUT2D eigenvalue weighted by Gasteiger charge is -2.08. The van der Waals surface area contributed by atoms with Crippen LogP contribution in [-0.2, 0) is 0 Å². The lowest BCUT2D eigenvalue weighted by molar-refractivity contribution is -0.274. The van der Waals surface area contributed by atoms with E-state index in [0.717, 1.165) is 11.3 Å². The number of para-hydroxylation sites is 1. The maximum atomic E-state index is 11.9. The summed E-state index contributed by atoms with van der Waals surface area (Å²) in [5.74, 6) is -0.285. The zero-order valence-electron chi connectivity index (χ0n) is 6.63. The Kier molecular flexibility index (Phi) is 2.07. The predicted molar refractivity (Wildman–Crippen MR) is 45.1 cm³/mol. The van der Waals surface area contributed by atoms with Gasteiger partial charge in [0.05, 0.1) is 4.70 Å². The van der Waals surface area contributed by atoms with Crippen molar-refractivity contribution in [3.8, 4) is 5.75 Å². The number of halogens is 3. The number of thiazole rings is 1. The average molecular weight is 218 g/mol. The number of rotatable bonds is 1. The van der Waals surface area contributed by atoms with Gasteiger partial charge in [0.1, 0.15) is 5.52 Å². The minimum absolute atomic E-state index is 0.190. The summed E-state index contributed by atoms with van der Waals surface area (Å²) in [6.07, 6.45) is -4.68. The van der Waals surface area contributed by atoms with Crippen molar-refractivity contribution in [1.29, 1.82) is 0 Å². The van der Waals surface area contributed by atoms with Crippen LogP contribution in [0.25, 0.3) is 10.2 Å². The Morgan fingerprint density at radius 3 is 2.86 bits per heavy atom. The van der Waals surface area contributed by atoms with Crippen molar-refractivity contribution in [2.45, 2.75) is 6.36 Å². The van der Waals surface area contributed by atoms with Gasteiger partial charge in [-0.1, -0.05) is 6.07 Å². The van der Waals surface area contributed by atoms with E-state index in [1.165, 1.54) is 12.1 Å². The number of aromatic nitrogens is 1. The summed E-state index contributed by atoms with van der Waals surface area (Å²) < 4.78 is 40.2. The van der Waals surface area contributed by atoms with Crippen molar-refractivity contribution in [2.75, 3.05) is 0 Å². The fourth-order valence-corrected chi connectivity index (χ4v) is 1.64. The van der Waals surface area contributed by atoms with Gasteiger partial charge in [0.15, 0.2) is 11.3 Å². The van der Waals surface area contributed by atoms with Gasteiger partial charge in [-0.05, 0) is 12.1 Å². The molecule has 0 amide bonds. The molecule has 14 heavy (non-hydrogen) atoms. The van der Waals surface area contributed by atoms with Crippen LogP contribution in [0.5, 0.6) is 5.75 Å². The van der Waals surface area contributed by atoms with E-state index in [1.54, 1.807) is 6.07 Å². The van der Waals surface area contributed by atoms with Crippen LogP contribution >= 0.6 is 11.3 Å². The van der Waals surface area contributed by atoms with Gasteiger partial charge in [0.25, 0.3) is 0 Å². The number of alkyl halides is 3. The summed E-state index contributed by atoms with van der Waals surface area (Å²) in [5.41, 5.74) is 2.70. The highest BCUT2D eigenvalue weighted by Crippen LogP contribution is 2.30. The molecule has 1 radical (unpaired) electrons. The number of ether oxygens (including phenoxy) is 1. The van der Waals surface area contributed by atoms with Crippen LogP contribution in [0.15, 0.2) is 18.2 Å². The van der Waals surface area contributed by atoms with Crippen molar-refractivity contribution in [3.05, 3.63) is 23.7 Å². The third kappa shape index (κ3) is 1.79. The lowest BCUT2D eigenvalue weighted by Crippen LogP contribution is -2.17. The summed E-state index contributed by atoms with van der Waals surface area (Å²) in [6.45, 7) is 0. The van der Waals surface area contributed by atoms with Gasteiger partial charge in [-0.15, -0.1) is 24.5 Å². The number of benzene rings is 1. The van der Waals surface area contributed by atoms with Crippen LogP contribution in [0.3, 0.4) is 0 Å². The second-order valence-corrected chi connectivity index (χ2v) is 3.28. The van der Waals surface area contributed by atoms with E-state index < -0.39 is 6.36 Å². The molecule has 0 aliphatic carbocycles. The summed E-state index contributed by atoms with van der Waals surface area (Å²) in [5, 5.41) is 0. The van der Waals surface area contributed by atoms with E-state index in [9.17, 15) is 13.2 Å². The van der Waals surface area contributed by atoms with Crippen molar-refractivity contribution in [1.82, 2.24) is 4.98 Å². The molecule has 2 aromatic rings. The Bertz CT molecular complexity index is 451. The number of nitrogens with zero attached hydrogens (tertiary/aromatic N) is 1. The Morgan fingerprint density at radius 1 is 1.36 bits per heavy atom. The van der Waals surface area contributed by atoms with Gasteiger partial charge in [-0.2, -0.15) is 0 Å². The largest absolute Gasteiger partial charge is 0.573 e. The van der Waals surface area contributed by atoms with Crippen LogP contribution in [0.2, 0.25) is 0 Å². The molecule has 0 saturated carbocycles. The fourth-order valence-electron chi connectivity index (χ4n) is 1.02. The molecule has 1 aromatic carbocycles. The highest BCUT2D eigenvalue weighted by atomic mass is 32.1. The van der Waals surface area contributed by atoms with E-state index in [4.69, 9.17) is 0 Å². The van der Waals surface area contributed by atoms with Gasteiger partial charge < -0.3 is 4.74 Å². The van der Waals surface area contributed by atoms with Crippen molar-refractivity contribution < 1.29 is 17.9 Å². The summed E-state index contributed by atoms with van der Waals surface area (Å²) >= 11 is 1.14. The van der Waals surface area contributed by atoms with E-state index in [-0.39, 0.29) is 11.3 Å². The summed E-state index contributed by atoms with van der Waals surface area (Å²) in [6, 6.07) is 4.37. The molecule has 0 N–H and O–H groups in total. The monoisotopic (exact) mass is 218 g/mol. The first-order valence-corrected chi connectivity index (χ1v) is 4.39. The van der Waals surface area contributed by atoms with Crippen LogP contribution in [-0.4, -0.2) is 11.3 Å². The van der Waals surface area contributed by atoms with Gasteiger partial charge in [0.2, 0.25) is 0 Å². The van der Waals surface area contributed by atoms with Gasteiger partial charge in [-0.25, -0.2) is 4.98 Å². The number of hydrogen-bond acceptors (Lipinski definition) is 3. The second kappa shape index (κ2) is 3.13. The second-order valence-electron chi connectivity index (χ2n) is 2.46. The molecule has 2 rings (SSSR count). The first-order chi connectivity index (χ1) is 6.56. The predicted octanol–water partition coefficient (Wildman–Crippen LogP) is 3.00. The average Bonchev–Trinajstić information content (AvgIpc) is 2.49. The fraction of sp³-hybridized carbons (Fsp3) is 0.125. The molecule has 0 unspecified atom stereocenters. The minimum atomic E-state index is -4.68. The maximum Gasteiger partial charge on any atom is 0.573 e. The highest BCUT2D eigenvalue weighted by Gasteiger charge is 2.32. The standard InChI is InChI=1S/C8H3F3NOS/c9-8(10,11)13-5-2-1-3-6-7(5)12-4-14-6/h1-3H. The normalized spacial score (nSPS) is 11.9. The quantitative estimate of drug-likeness (QED) is 0.734. The number of hydrogen-bond donors (Lipinski definition) is 0. The van der Waals surface area contributed by atoms with E-state index in [2.05, 4.69) is 15.2 Å².